The highest BCUT2D eigenvalue weighted by Crippen LogP contribution is 2.21. The summed E-state index contributed by atoms with van der Waals surface area (Å²) in [4.78, 5) is 3.90. The molecule has 54 valence electrons. The molecule has 0 spiro atoms. The second kappa shape index (κ2) is 3.40. The van der Waals surface area contributed by atoms with E-state index in [1.165, 1.54) is 0 Å². The number of anilines is 1. The SMILES string of the molecule is Nc1nc(Cl)c(I)cc1I. The number of aromatic nitrogens is 1. The summed E-state index contributed by atoms with van der Waals surface area (Å²) in [6, 6.07) is 1.89. The number of hydrogen-bond donors (Lipinski definition) is 1. The predicted molar refractivity (Wildman–Crippen MR) is 59.1 cm³/mol. The molecule has 1 rings (SSSR count). The van der Waals surface area contributed by atoms with Gasteiger partial charge in [-0.05, 0) is 51.2 Å². The maximum absolute atomic E-state index is 5.68. The molecule has 0 atom stereocenters. The van der Waals surface area contributed by atoms with E-state index in [0.29, 0.717) is 11.0 Å². The third kappa shape index (κ3) is 1.85. The standard InChI is InChI=1S/C5H3ClI2N2/c6-4-2(7)1-3(8)5(9)10-4/h1H,(H2,9,10). The van der Waals surface area contributed by atoms with Crippen LogP contribution in [0.2, 0.25) is 5.15 Å². The van der Waals surface area contributed by atoms with Crippen LogP contribution in [0.25, 0.3) is 0 Å². The van der Waals surface area contributed by atoms with E-state index in [0.717, 1.165) is 7.14 Å². The zero-order chi connectivity index (χ0) is 7.72. The van der Waals surface area contributed by atoms with Crippen molar-refractivity contribution >= 4 is 62.6 Å². The minimum Gasteiger partial charge on any atom is -0.383 e. The molecule has 0 aliphatic carbocycles. The van der Waals surface area contributed by atoms with Crippen molar-refractivity contribution in [1.82, 2.24) is 4.98 Å². The van der Waals surface area contributed by atoms with Gasteiger partial charge in [-0.2, -0.15) is 0 Å². The highest BCUT2D eigenvalue weighted by molar-refractivity contribution is 14.1. The molecule has 0 amide bonds. The van der Waals surface area contributed by atoms with E-state index in [1.54, 1.807) is 0 Å². The molecule has 10 heavy (non-hydrogen) atoms. The molecule has 0 fully saturated rings. The van der Waals surface area contributed by atoms with Gasteiger partial charge in [0, 0.05) is 0 Å². The Hall–Kier alpha value is 0.700. The zero-order valence-electron chi connectivity index (χ0n) is 4.74. The largest absolute Gasteiger partial charge is 0.383 e. The molecule has 0 saturated heterocycles. The minimum absolute atomic E-state index is 0.471. The summed E-state index contributed by atoms with van der Waals surface area (Å²) < 4.78 is 1.87. The van der Waals surface area contributed by atoms with Crippen molar-refractivity contribution in [1.29, 1.82) is 0 Å². The first-order valence-corrected chi connectivity index (χ1v) is 4.92. The van der Waals surface area contributed by atoms with Gasteiger partial charge in [0.1, 0.15) is 11.0 Å². The van der Waals surface area contributed by atoms with Crippen molar-refractivity contribution in [2.75, 3.05) is 5.73 Å². The number of nitrogens with two attached hydrogens (primary N) is 1. The lowest BCUT2D eigenvalue weighted by Gasteiger charge is -1.98. The van der Waals surface area contributed by atoms with E-state index in [4.69, 9.17) is 17.3 Å². The van der Waals surface area contributed by atoms with Crippen molar-refractivity contribution in [2.24, 2.45) is 0 Å². The van der Waals surface area contributed by atoms with Gasteiger partial charge in [-0.15, -0.1) is 0 Å². The molecule has 0 aliphatic heterocycles. The summed E-state index contributed by atoms with van der Waals surface area (Å²) in [5.41, 5.74) is 5.48. The molecular formula is C5H3ClI2N2. The fraction of sp³-hybridized carbons (Fsp3) is 0. The third-order valence-corrected chi connectivity index (χ3v) is 3.21. The molecule has 1 aromatic heterocycles. The topological polar surface area (TPSA) is 38.9 Å². The van der Waals surface area contributed by atoms with Gasteiger partial charge < -0.3 is 5.73 Å². The molecule has 5 heteroatoms. The summed E-state index contributed by atoms with van der Waals surface area (Å²) >= 11 is 9.91. The summed E-state index contributed by atoms with van der Waals surface area (Å²) in [7, 11) is 0. The van der Waals surface area contributed by atoms with Crippen LogP contribution in [-0.2, 0) is 0 Å². The lowest BCUT2D eigenvalue weighted by Crippen LogP contribution is -1.95. The van der Waals surface area contributed by atoms with Gasteiger partial charge in [-0.1, -0.05) is 11.6 Å². The van der Waals surface area contributed by atoms with E-state index in [2.05, 4.69) is 50.2 Å². The Morgan fingerprint density at radius 2 is 2.00 bits per heavy atom. The smallest absolute Gasteiger partial charge is 0.144 e. The highest BCUT2D eigenvalue weighted by atomic mass is 127. The number of nitrogen functional groups attached to an aromatic ring is 1. The highest BCUT2D eigenvalue weighted by Gasteiger charge is 2.02. The zero-order valence-corrected chi connectivity index (χ0v) is 9.81. The maximum Gasteiger partial charge on any atom is 0.144 e. The van der Waals surface area contributed by atoms with Gasteiger partial charge in [0.2, 0.25) is 0 Å². The lowest BCUT2D eigenvalue weighted by atomic mass is 10.5. The van der Waals surface area contributed by atoms with Crippen LogP contribution < -0.4 is 5.73 Å². The molecule has 0 saturated carbocycles. The van der Waals surface area contributed by atoms with Crippen molar-refractivity contribution in [3.63, 3.8) is 0 Å². The Bertz CT molecular complexity index is 214. The second-order valence-corrected chi connectivity index (χ2v) is 4.31. The first kappa shape index (κ1) is 8.79. The second-order valence-electron chi connectivity index (χ2n) is 1.63. The normalized spacial score (nSPS) is 9.90. The minimum atomic E-state index is 0.471. The molecule has 2 nitrogen and oxygen atoms in total. The first-order chi connectivity index (χ1) is 4.61. The number of halogens is 3. The van der Waals surface area contributed by atoms with Crippen LogP contribution in [0, 0.1) is 7.14 Å². The van der Waals surface area contributed by atoms with Gasteiger partial charge >= 0.3 is 0 Å². The quantitative estimate of drug-likeness (QED) is 0.555. The molecule has 1 aromatic rings. The Labute approximate surface area is 90.8 Å². The summed E-state index contributed by atoms with van der Waals surface area (Å²) in [5.74, 6) is 0.492. The van der Waals surface area contributed by atoms with E-state index in [9.17, 15) is 0 Å². The first-order valence-electron chi connectivity index (χ1n) is 2.38. The number of rotatable bonds is 0. The van der Waals surface area contributed by atoms with Crippen molar-refractivity contribution in [3.8, 4) is 0 Å². The third-order valence-electron chi connectivity index (χ3n) is 0.914. The Morgan fingerprint density at radius 1 is 1.40 bits per heavy atom. The van der Waals surface area contributed by atoms with E-state index in [-0.39, 0.29) is 0 Å². The van der Waals surface area contributed by atoms with Crippen LogP contribution in [0.15, 0.2) is 6.07 Å². The summed E-state index contributed by atoms with van der Waals surface area (Å²) in [6.45, 7) is 0. The van der Waals surface area contributed by atoms with Gasteiger partial charge in [-0.3, -0.25) is 0 Å². The van der Waals surface area contributed by atoms with Gasteiger partial charge in [0.25, 0.3) is 0 Å². The molecule has 0 radical (unpaired) electrons. The molecule has 0 unspecified atom stereocenters. The van der Waals surface area contributed by atoms with Crippen LogP contribution >= 0.6 is 56.8 Å². The number of nitrogens with zero attached hydrogens (tertiary/aromatic N) is 1. The fourth-order valence-electron chi connectivity index (χ4n) is 0.457. The van der Waals surface area contributed by atoms with Gasteiger partial charge in [0.15, 0.2) is 0 Å². The fourth-order valence-corrected chi connectivity index (χ4v) is 2.06. The Kier molecular flexibility index (Phi) is 2.99. The van der Waals surface area contributed by atoms with E-state index < -0.39 is 0 Å². The lowest BCUT2D eigenvalue weighted by molar-refractivity contribution is 1.30. The molecule has 1 heterocycles. The van der Waals surface area contributed by atoms with Crippen LogP contribution in [0.4, 0.5) is 5.82 Å². The van der Waals surface area contributed by atoms with E-state index in [1.807, 2.05) is 6.07 Å². The summed E-state index contributed by atoms with van der Waals surface area (Å²) in [6.07, 6.45) is 0. The average Bonchev–Trinajstić information content (AvgIpc) is 1.84. The van der Waals surface area contributed by atoms with Crippen LogP contribution in [0.5, 0.6) is 0 Å². The molecule has 0 aliphatic rings. The van der Waals surface area contributed by atoms with Crippen molar-refractivity contribution in [2.45, 2.75) is 0 Å². The van der Waals surface area contributed by atoms with Gasteiger partial charge in [-0.25, -0.2) is 4.98 Å². The maximum atomic E-state index is 5.68. The van der Waals surface area contributed by atoms with Crippen LogP contribution in [-0.4, -0.2) is 4.98 Å². The Morgan fingerprint density at radius 3 is 2.50 bits per heavy atom. The predicted octanol–water partition coefficient (Wildman–Crippen LogP) is 2.53. The molecular weight excluding hydrogens is 377 g/mol. The number of pyridine rings is 1. The summed E-state index contributed by atoms with van der Waals surface area (Å²) in [5, 5.41) is 0.471. The average molecular weight is 380 g/mol. The van der Waals surface area contributed by atoms with Crippen LogP contribution in [0.1, 0.15) is 0 Å². The molecule has 0 aromatic carbocycles. The number of hydrogen-bond acceptors (Lipinski definition) is 2. The monoisotopic (exact) mass is 380 g/mol. The van der Waals surface area contributed by atoms with E-state index >= 15 is 0 Å². The molecule has 0 bridgehead atoms. The Balaban J connectivity index is 3.28. The van der Waals surface area contributed by atoms with Gasteiger partial charge in [0.05, 0.1) is 7.14 Å². The van der Waals surface area contributed by atoms with Crippen LogP contribution in [0.3, 0.4) is 0 Å². The van der Waals surface area contributed by atoms with Crippen molar-refractivity contribution < 1.29 is 0 Å². The van der Waals surface area contributed by atoms with Crippen molar-refractivity contribution in [3.05, 3.63) is 18.4 Å². The molecule has 2 N–H and O–H groups in total.